The summed E-state index contributed by atoms with van der Waals surface area (Å²) in [4.78, 5) is 43.0. The molecule has 0 unspecified atom stereocenters. The molecular weight excluding hydrogens is 330 g/mol. The summed E-state index contributed by atoms with van der Waals surface area (Å²) in [6, 6.07) is 9.27. The molecule has 1 aliphatic carbocycles. The van der Waals surface area contributed by atoms with Gasteiger partial charge in [0.2, 0.25) is 11.8 Å². The number of amides is 3. The zero-order valence-electron chi connectivity index (χ0n) is 14.7. The Morgan fingerprint density at radius 1 is 0.885 bits per heavy atom. The van der Waals surface area contributed by atoms with Gasteiger partial charge in [0.1, 0.15) is 0 Å². The standard InChI is InChI=1S/C20H23N3O3/c24-18(15-6-2-1-3-7-15)22-12-10-21(11-13-22)14-23-19(25)16-8-4-5-9-17(16)20(23)26/h1-7,16-17H,8-14H2/t16-,17+. The Labute approximate surface area is 153 Å². The first-order valence-electron chi connectivity index (χ1n) is 9.22. The van der Waals surface area contributed by atoms with Crippen LogP contribution in [0.4, 0.5) is 0 Å². The lowest BCUT2D eigenvalue weighted by atomic mass is 9.85. The van der Waals surface area contributed by atoms with Gasteiger partial charge in [0.25, 0.3) is 5.91 Å². The van der Waals surface area contributed by atoms with Gasteiger partial charge in [-0.25, -0.2) is 0 Å². The molecule has 3 aliphatic rings. The van der Waals surface area contributed by atoms with Gasteiger partial charge in [-0.2, -0.15) is 0 Å². The Morgan fingerprint density at radius 3 is 2.04 bits per heavy atom. The summed E-state index contributed by atoms with van der Waals surface area (Å²) in [6.07, 6.45) is 5.35. The predicted octanol–water partition coefficient (Wildman–Crippen LogP) is 1.35. The number of allylic oxidation sites excluding steroid dienone is 2. The fraction of sp³-hybridized carbons (Fsp3) is 0.450. The third-order valence-corrected chi connectivity index (χ3v) is 5.62. The smallest absolute Gasteiger partial charge is 0.253 e. The number of likely N-dealkylation sites (tertiary alicyclic amines) is 1. The van der Waals surface area contributed by atoms with Gasteiger partial charge < -0.3 is 4.90 Å². The van der Waals surface area contributed by atoms with Crippen molar-refractivity contribution in [2.45, 2.75) is 12.8 Å². The number of carbonyl (C=O) groups excluding carboxylic acids is 3. The van der Waals surface area contributed by atoms with Crippen LogP contribution in [0, 0.1) is 11.8 Å². The van der Waals surface area contributed by atoms with Crippen molar-refractivity contribution in [1.29, 1.82) is 0 Å². The minimum atomic E-state index is -0.173. The highest BCUT2D eigenvalue weighted by atomic mass is 16.2. The van der Waals surface area contributed by atoms with Crippen molar-refractivity contribution in [2.75, 3.05) is 32.8 Å². The molecule has 0 aromatic heterocycles. The number of piperazine rings is 1. The Bertz CT molecular complexity index is 712. The van der Waals surface area contributed by atoms with Crippen LogP contribution in [0.15, 0.2) is 42.5 Å². The quantitative estimate of drug-likeness (QED) is 0.608. The molecule has 0 radical (unpaired) electrons. The molecule has 0 bridgehead atoms. The van der Waals surface area contributed by atoms with Crippen LogP contribution >= 0.6 is 0 Å². The first kappa shape index (κ1) is 17.0. The molecule has 6 heteroatoms. The molecular formula is C20H23N3O3. The second-order valence-electron chi connectivity index (χ2n) is 7.18. The molecule has 2 atom stereocenters. The second-order valence-corrected chi connectivity index (χ2v) is 7.18. The first-order valence-corrected chi connectivity index (χ1v) is 9.22. The number of imide groups is 1. The van der Waals surface area contributed by atoms with E-state index in [0.29, 0.717) is 51.3 Å². The van der Waals surface area contributed by atoms with Crippen LogP contribution in [0.1, 0.15) is 23.2 Å². The van der Waals surface area contributed by atoms with Crippen LogP contribution in [-0.4, -0.2) is 65.3 Å². The van der Waals surface area contributed by atoms with Crippen molar-refractivity contribution in [2.24, 2.45) is 11.8 Å². The van der Waals surface area contributed by atoms with E-state index in [2.05, 4.69) is 4.90 Å². The number of hydrogen-bond acceptors (Lipinski definition) is 4. The van der Waals surface area contributed by atoms with E-state index < -0.39 is 0 Å². The molecule has 0 spiro atoms. The number of hydrogen-bond donors (Lipinski definition) is 0. The average Bonchev–Trinajstić information content (AvgIpc) is 2.94. The van der Waals surface area contributed by atoms with Gasteiger partial charge in [0, 0.05) is 31.7 Å². The predicted molar refractivity (Wildman–Crippen MR) is 96.0 cm³/mol. The number of benzene rings is 1. The van der Waals surface area contributed by atoms with Gasteiger partial charge in [0.15, 0.2) is 0 Å². The summed E-state index contributed by atoms with van der Waals surface area (Å²) < 4.78 is 0. The molecule has 0 N–H and O–H groups in total. The fourth-order valence-corrected chi connectivity index (χ4v) is 4.06. The Morgan fingerprint density at radius 2 is 1.46 bits per heavy atom. The van der Waals surface area contributed by atoms with E-state index in [1.54, 1.807) is 0 Å². The van der Waals surface area contributed by atoms with Crippen molar-refractivity contribution >= 4 is 17.7 Å². The maximum Gasteiger partial charge on any atom is 0.253 e. The van der Waals surface area contributed by atoms with Gasteiger partial charge >= 0.3 is 0 Å². The van der Waals surface area contributed by atoms with Crippen molar-refractivity contribution in [1.82, 2.24) is 14.7 Å². The molecule has 0 saturated carbocycles. The van der Waals surface area contributed by atoms with Crippen molar-refractivity contribution < 1.29 is 14.4 Å². The third-order valence-electron chi connectivity index (χ3n) is 5.62. The summed E-state index contributed by atoms with van der Waals surface area (Å²) in [5.41, 5.74) is 0.697. The topological polar surface area (TPSA) is 60.9 Å². The maximum absolute atomic E-state index is 12.6. The zero-order chi connectivity index (χ0) is 18.1. The molecule has 1 aromatic rings. The summed E-state index contributed by atoms with van der Waals surface area (Å²) in [6.45, 7) is 2.90. The summed E-state index contributed by atoms with van der Waals surface area (Å²) >= 11 is 0. The first-order chi connectivity index (χ1) is 12.6. The van der Waals surface area contributed by atoms with E-state index >= 15 is 0 Å². The van der Waals surface area contributed by atoms with E-state index in [0.717, 1.165) is 0 Å². The highest BCUT2D eigenvalue weighted by Gasteiger charge is 2.47. The Balaban J connectivity index is 1.34. The fourth-order valence-electron chi connectivity index (χ4n) is 4.06. The SMILES string of the molecule is O=C(c1ccccc1)N1CCN(CN2C(=O)[C@H]3CC=CC[C@H]3C2=O)CC1. The van der Waals surface area contributed by atoms with E-state index in [1.807, 2.05) is 47.4 Å². The van der Waals surface area contributed by atoms with Crippen LogP contribution in [0.25, 0.3) is 0 Å². The minimum Gasteiger partial charge on any atom is -0.336 e. The number of fused-ring (bicyclic) bond motifs is 1. The highest BCUT2D eigenvalue weighted by Crippen LogP contribution is 2.35. The summed E-state index contributed by atoms with van der Waals surface area (Å²) in [5.74, 6) is -0.378. The lowest BCUT2D eigenvalue weighted by molar-refractivity contribution is -0.142. The van der Waals surface area contributed by atoms with Crippen molar-refractivity contribution in [3.63, 3.8) is 0 Å². The second kappa shape index (κ2) is 7.03. The Hall–Kier alpha value is -2.47. The third kappa shape index (κ3) is 3.05. The largest absolute Gasteiger partial charge is 0.336 e. The summed E-state index contributed by atoms with van der Waals surface area (Å²) in [7, 11) is 0. The van der Waals surface area contributed by atoms with Gasteiger partial charge in [-0.1, -0.05) is 30.4 Å². The molecule has 1 aromatic carbocycles. The van der Waals surface area contributed by atoms with E-state index in [1.165, 1.54) is 4.90 Å². The lowest BCUT2D eigenvalue weighted by Gasteiger charge is -2.36. The number of nitrogens with zero attached hydrogens (tertiary/aromatic N) is 3. The van der Waals surface area contributed by atoms with Crippen LogP contribution in [0.5, 0.6) is 0 Å². The van der Waals surface area contributed by atoms with Crippen LogP contribution in [0.3, 0.4) is 0 Å². The number of carbonyl (C=O) groups is 3. The lowest BCUT2D eigenvalue weighted by Crippen LogP contribution is -2.52. The Kier molecular flexibility index (Phi) is 4.59. The monoisotopic (exact) mass is 353 g/mol. The average molecular weight is 353 g/mol. The zero-order valence-corrected chi connectivity index (χ0v) is 14.7. The highest BCUT2D eigenvalue weighted by molar-refractivity contribution is 6.05. The van der Waals surface area contributed by atoms with E-state index in [9.17, 15) is 14.4 Å². The van der Waals surface area contributed by atoms with Crippen LogP contribution in [-0.2, 0) is 9.59 Å². The van der Waals surface area contributed by atoms with Crippen molar-refractivity contribution in [3.05, 3.63) is 48.0 Å². The van der Waals surface area contributed by atoms with E-state index in [4.69, 9.17) is 0 Å². The molecule has 2 aliphatic heterocycles. The molecule has 6 nitrogen and oxygen atoms in total. The summed E-state index contributed by atoms with van der Waals surface area (Å²) in [5, 5.41) is 0. The van der Waals surface area contributed by atoms with Gasteiger partial charge in [0.05, 0.1) is 18.5 Å². The normalized spacial score (nSPS) is 26.3. The minimum absolute atomic E-state index is 0.0351. The maximum atomic E-state index is 12.6. The molecule has 2 saturated heterocycles. The van der Waals surface area contributed by atoms with Crippen LogP contribution in [0.2, 0.25) is 0 Å². The molecule has 3 amide bonds. The van der Waals surface area contributed by atoms with Crippen molar-refractivity contribution in [3.8, 4) is 0 Å². The molecule has 4 rings (SSSR count). The molecule has 26 heavy (non-hydrogen) atoms. The number of rotatable bonds is 3. The molecule has 2 heterocycles. The van der Waals surface area contributed by atoms with Gasteiger partial charge in [-0.15, -0.1) is 0 Å². The van der Waals surface area contributed by atoms with Gasteiger partial charge in [-0.05, 0) is 25.0 Å². The molecule has 136 valence electrons. The molecule has 2 fully saturated rings. The van der Waals surface area contributed by atoms with Crippen LogP contribution < -0.4 is 0 Å². The van der Waals surface area contributed by atoms with Gasteiger partial charge in [-0.3, -0.25) is 24.2 Å². The van der Waals surface area contributed by atoms with E-state index in [-0.39, 0.29) is 29.6 Å².